The topological polar surface area (TPSA) is 89.5 Å². The summed E-state index contributed by atoms with van der Waals surface area (Å²) in [6.45, 7) is 23.0. The van der Waals surface area contributed by atoms with Crippen LogP contribution in [0.5, 0.6) is 0 Å². The van der Waals surface area contributed by atoms with E-state index in [1.165, 1.54) is 0 Å². The van der Waals surface area contributed by atoms with E-state index < -0.39 is 35.7 Å². The first kappa shape index (κ1) is 30.2. The van der Waals surface area contributed by atoms with E-state index in [-0.39, 0.29) is 10.8 Å². The zero-order chi connectivity index (χ0) is 25.4. The first-order valence-corrected chi connectivity index (χ1v) is 11.0. The Kier molecular flexibility index (Phi) is 11.2. The van der Waals surface area contributed by atoms with Crippen molar-refractivity contribution in [3.63, 3.8) is 0 Å². The van der Waals surface area contributed by atoms with Gasteiger partial charge < -0.3 is 9.47 Å². The van der Waals surface area contributed by atoms with Crippen LogP contribution in [0.4, 0.5) is 9.59 Å². The first-order chi connectivity index (χ1) is 14.2. The molecule has 8 nitrogen and oxygen atoms in total. The Morgan fingerprint density at radius 1 is 0.625 bits per heavy atom. The third-order valence-corrected chi connectivity index (χ3v) is 3.80. The van der Waals surface area contributed by atoms with Crippen molar-refractivity contribution in [1.29, 1.82) is 0 Å². The Morgan fingerprint density at radius 3 is 1.16 bits per heavy atom. The SMILES string of the molecule is CC(/C=C/C(C)OC(=O)OOC(C)(C)CC(C)(C)C)OC(=O)OOC(C)(C)CC(C)(C)C. The van der Waals surface area contributed by atoms with Crippen molar-refractivity contribution in [3.8, 4) is 0 Å². The lowest BCUT2D eigenvalue weighted by molar-refractivity contribution is -0.323. The molecule has 0 aromatic rings. The molecule has 0 aromatic carbocycles. The van der Waals surface area contributed by atoms with Crippen LogP contribution in [0.15, 0.2) is 12.2 Å². The average Bonchev–Trinajstić information content (AvgIpc) is 2.52. The maximum atomic E-state index is 11.8. The average molecular weight is 461 g/mol. The second kappa shape index (κ2) is 11.9. The molecule has 0 saturated carbocycles. The van der Waals surface area contributed by atoms with Crippen molar-refractivity contribution in [1.82, 2.24) is 0 Å². The molecule has 0 aromatic heterocycles. The Balaban J connectivity index is 4.39. The van der Waals surface area contributed by atoms with Gasteiger partial charge in [0.2, 0.25) is 0 Å². The minimum Gasteiger partial charge on any atom is -0.425 e. The number of ether oxygens (including phenoxy) is 2. The molecular weight excluding hydrogens is 416 g/mol. The molecule has 0 radical (unpaired) electrons. The first-order valence-electron chi connectivity index (χ1n) is 11.0. The van der Waals surface area contributed by atoms with Crippen LogP contribution in [-0.2, 0) is 29.0 Å². The van der Waals surface area contributed by atoms with E-state index in [1.54, 1.807) is 26.0 Å². The molecule has 0 saturated heterocycles. The van der Waals surface area contributed by atoms with E-state index in [0.29, 0.717) is 12.8 Å². The normalized spacial score (nSPS) is 15.2. The molecule has 0 spiro atoms. The standard InChI is InChI=1S/C24H44O8/c1-17(27-19(25)29-31-23(9,10)15-21(3,4)5)13-14-18(2)28-20(26)30-32-24(11,12)16-22(6,7)8/h13-14,17-18H,15-16H2,1-12H3/b14-13+. The van der Waals surface area contributed by atoms with E-state index in [0.717, 1.165) is 0 Å². The van der Waals surface area contributed by atoms with Gasteiger partial charge in [0.25, 0.3) is 0 Å². The quantitative estimate of drug-likeness (QED) is 0.150. The third-order valence-electron chi connectivity index (χ3n) is 3.80. The molecule has 0 aliphatic heterocycles. The summed E-state index contributed by atoms with van der Waals surface area (Å²) in [5, 5.41) is 0. The fourth-order valence-electron chi connectivity index (χ4n) is 3.64. The minimum absolute atomic E-state index is 0.0114. The van der Waals surface area contributed by atoms with Gasteiger partial charge in [-0.1, -0.05) is 41.5 Å². The number of carbonyl (C=O) groups is 2. The van der Waals surface area contributed by atoms with Crippen molar-refractivity contribution >= 4 is 12.3 Å². The molecule has 188 valence electrons. The van der Waals surface area contributed by atoms with Crippen LogP contribution in [0.2, 0.25) is 0 Å². The van der Waals surface area contributed by atoms with Crippen LogP contribution >= 0.6 is 0 Å². The molecule has 2 atom stereocenters. The molecule has 8 heteroatoms. The second-order valence-corrected chi connectivity index (χ2v) is 11.9. The van der Waals surface area contributed by atoms with Crippen molar-refractivity contribution in [2.45, 2.75) is 119 Å². The maximum Gasteiger partial charge on any atom is 0.541 e. The molecule has 0 aliphatic rings. The van der Waals surface area contributed by atoms with E-state index in [2.05, 4.69) is 41.5 Å². The number of carbonyl (C=O) groups excluding carboxylic acids is 2. The Labute approximate surface area is 193 Å². The smallest absolute Gasteiger partial charge is 0.425 e. The summed E-state index contributed by atoms with van der Waals surface area (Å²) in [6, 6.07) is 0. The molecule has 0 heterocycles. The fourth-order valence-corrected chi connectivity index (χ4v) is 3.64. The summed E-state index contributed by atoms with van der Waals surface area (Å²) in [7, 11) is 0. The van der Waals surface area contributed by atoms with Crippen LogP contribution < -0.4 is 0 Å². The lowest BCUT2D eigenvalue weighted by Gasteiger charge is -2.30. The van der Waals surface area contributed by atoms with Gasteiger partial charge in [0.05, 0.1) is 0 Å². The summed E-state index contributed by atoms with van der Waals surface area (Å²) in [5.74, 6) is 0. The molecule has 0 aliphatic carbocycles. The highest BCUT2D eigenvalue weighted by atomic mass is 17.2. The largest absolute Gasteiger partial charge is 0.541 e. The van der Waals surface area contributed by atoms with Crippen LogP contribution in [0.3, 0.4) is 0 Å². The van der Waals surface area contributed by atoms with Gasteiger partial charge in [-0.05, 0) is 77.4 Å². The Morgan fingerprint density at radius 2 is 0.906 bits per heavy atom. The van der Waals surface area contributed by atoms with E-state index in [4.69, 9.17) is 29.0 Å². The van der Waals surface area contributed by atoms with Crippen molar-refractivity contribution in [2.24, 2.45) is 10.8 Å². The third kappa shape index (κ3) is 16.8. The highest BCUT2D eigenvalue weighted by Crippen LogP contribution is 2.30. The molecular formula is C24H44O8. The van der Waals surface area contributed by atoms with Gasteiger partial charge >= 0.3 is 12.3 Å². The highest BCUT2D eigenvalue weighted by Gasteiger charge is 2.30. The highest BCUT2D eigenvalue weighted by molar-refractivity contribution is 5.60. The summed E-state index contributed by atoms with van der Waals surface area (Å²) < 4.78 is 10.2. The van der Waals surface area contributed by atoms with E-state index >= 15 is 0 Å². The lowest BCUT2D eigenvalue weighted by Crippen LogP contribution is -2.32. The summed E-state index contributed by atoms with van der Waals surface area (Å²) in [5.41, 5.74) is -1.28. The number of rotatable bonds is 10. The van der Waals surface area contributed by atoms with E-state index in [1.807, 2.05) is 27.7 Å². The van der Waals surface area contributed by atoms with Crippen molar-refractivity contribution in [3.05, 3.63) is 12.2 Å². The fraction of sp³-hybridized carbons (Fsp3) is 0.833. The van der Waals surface area contributed by atoms with Gasteiger partial charge in [0.1, 0.15) is 23.4 Å². The zero-order valence-corrected chi connectivity index (χ0v) is 22.0. The maximum absolute atomic E-state index is 11.8. The van der Waals surface area contributed by atoms with Gasteiger partial charge in [-0.25, -0.2) is 9.59 Å². The van der Waals surface area contributed by atoms with Crippen LogP contribution in [0.25, 0.3) is 0 Å². The van der Waals surface area contributed by atoms with Crippen LogP contribution in [0.1, 0.15) is 95.9 Å². The predicted molar refractivity (Wildman–Crippen MR) is 122 cm³/mol. The van der Waals surface area contributed by atoms with Gasteiger partial charge in [-0.15, -0.1) is 0 Å². The summed E-state index contributed by atoms with van der Waals surface area (Å²) in [4.78, 5) is 43.7. The second-order valence-electron chi connectivity index (χ2n) is 11.9. The van der Waals surface area contributed by atoms with Crippen LogP contribution in [-0.4, -0.2) is 35.7 Å². The Bertz CT molecular complexity index is 569. The number of hydrogen-bond acceptors (Lipinski definition) is 8. The molecule has 32 heavy (non-hydrogen) atoms. The molecule has 0 amide bonds. The van der Waals surface area contributed by atoms with Crippen molar-refractivity contribution < 1.29 is 38.6 Å². The van der Waals surface area contributed by atoms with Crippen molar-refractivity contribution in [2.75, 3.05) is 0 Å². The molecule has 0 bridgehead atoms. The number of hydrogen-bond donors (Lipinski definition) is 0. The van der Waals surface area contributed by atoms with E-state index in [9.17, 15) is 9.59 Å². The van der Waals surface area contributed by atoms with Gasteiger partial charge in [0.15, 0.2) is 0 Å². The molecule has 0 rings (SSSR count). The monoisotopic (exact) mass is 460 g/mol. The zero-order valence-electron chi connectivity index (χ0n) is 22.0. The predicted octanol–water partition coefficient (Wildman–Crippen LogP) is 6.92. The molecule has 0 N–H and O–H groups in total. The van der Waals surface area contributed by atoms with Gasteiger partial charge in [-0.2, -0.15) is 9.78 Å². The Hall–Kier alpha value is -1.80. The summed E-state index contributed by atoms with van der Waals surface area (Å²) in [6.07, 6.45) is 1.34. The summed E-state index contributed by atoms with van der Waals surface area (Å²) >= 11 is 0. The lowest BCUT2D eigenvalue weighted by atomic mass is 9.84. The minimum atomic E-state index is -0.952. The van der Waals surface area contributed by atoms with Gasteiger partial charge in [0, 0.05) is 0 Å². The van der Waals surface area contributed by atoms with Crippen LogP contribution in [0, 0.1) is 10.8 Å². The molecule has 2 unspecified atom stereocenters. The molecule has 0 fully saturated rings. The van der Waals surface area contributed by atoms with Gasteiger partial charge in [-0.3, -0.25) is 9.78 Å².